The van der Waals surface area contributed by atoms with Crippen LogP contribution in [0.4, 0.5) is 0 Å². The molecule has 2 N–H and O–H groups in total. The van der Waals surface area contributed by atoms with Gasteiger partial charge in [-0.1, -0.05) is 53.2 Å². The van der Waals surface area contributed by atoms with Crippen molar-refractivity contribution in [1.29, 1.82) is 0 Å². The standard InChI is InChI=1S/C17H20BrNO/c1-2-19-15(10-13-6-5-8-16(20)11-13)12-14-7-3-4-9-17(14)18/h3-9,11,15,19-20H,2,10,12H2,1H3. The average Bonchev–Trinajstić information content (AvgIpc) is 2.42. The molecule has 0 radical (unpaired) electrons. The van der Waals surface area contributed by atoms with E-state index in [2.05, 4.69) is 52.4 Å². The summed E-state index contributed by atoms with van der Waals surface area (Å²) < 4.78 is 1.15. The third-order valence-electron chi connectivity index (χ3n) is 3.31. The molecule has 0 aliphatic carbocycles. The lowest BCUT2D eigenvalue weighted by Crippen LogP contribution is -2.33. The van der Waals surface area contributed by atoms with Gasteiger partial charge >= 0.3 is 0 Å². The van der Waals surface area contributed by atoms with Crippen LogP contribution in [0, 0.1) is 0 Å². The number of rotatable bonds is 6. The van der Waals surface area contributed by atoms with Gasteiger partial charge in [0, 0.05) is 10.5 Å². The third-order valence-corrected chi connectivity index (χ3v) is 4.08. The smallest absolute Gasteiger partial charge is 0.115 e. The van der Waals surface area contributed by atoms with E-state index in [1.807, 2.05) is 18.2 Å². The van der Waals surface area contributed by atoms with Crippen molar-refractivity contribution < 1.29 is 5.11 Å². The summed E-state index contributed by atoms with van der Waals surface area (Å²) in [4.78, 5) is 0. The van der Waals surface area contributed by atoms with Crippen LogP contribution in [0.15, 0.2) is 53.0 Å². The van der Waals surface area contributed by atoms with Gasteiger partial charge in [-0.3, -0.25) is 0 Å². The van der Waals surface area contributed by atoms with Crippen LogP contribution >= 0.6 is 15.9 Å². The number of phenolic OH excluding ortho intramolecular Hbond substituents is 1. The molecule has 0 aliphatic rings. The molecule has 2 nitrogen and oxygen atoms in total. The normalized spacial score (nSPS) is 12.3. The largest absolute Gasteiger partial charge is 0.508 e. The highest BCUT2D eigenvalue weighted by atomic mass is 79.9. The zero-order chi connectivity index (χ0) is 14.4. The number of halogens is 1. The van der Waals surface area contributed by atoms with Gasteiger partial charge < -0.3 is 10.4 Å². The molecule has 0 aromatic heterocycles. The van der Waals surface area contributed by atoms with Crippen molar-refractivity contribution in [2.45, 2.75) is 25.8 Å². The molecule has 0 bridgehead atoms. The highest BCUT2D eigenvalue weighted by molar-refractivity contribution is 9.10. The van der Waals surface area contributed by atoms with E-state index in [4.69, 9.17) is 0 Å². The van der Waals surface area contributed by atoms with Gasteiger partial charge in [0.1, 0.15) is 5.75 Å². The minimum Gasteiger partial charge on any atom is -0.508 e. The van der Waals surface area contributed by atoms with Crippen LogP contribution in [0.3, 0.4) is 0 Å². The Bertz CT molecular complexity index is 556. The number of nitrogens with one attached hydrogen (secondary N) is 1. The lowest BCUT2D eigenvalue weighted by molar-refractivity contribution is 0.472. The van der Waals surface area contributed by atoms with Gasteiger partial charge in [-0.05, 0) is 48.7 Å². The second-order valence-electron chi connectivity index (χ2n) is 4.92. The molecule has 0 aliphatic heterocycles. The van der Waals surface area contributed by atoms with E-state index < -0.39 is 0 Å². The monoisotopic (exact) mass is 333 g/mol. The predicted octanol–water partition coefficient (Wildman–Crippen LogP) is 3.92. The number of aromatic hydroxyl groups is 1. The Kier molecular flexibility index (Phi) is 5.62. The van der Waals surface area contributed by atoms with Crippen molar-refractivity contribution in [1.82, 2.24) is 5.32 Å². The number of hydrogen-bond donors (Lipinski definition) is 2. The molecule has 0 saturated carbocycles. The second kappa shape index (κ2) is 7.46. The number of likely N-dealkylation sites (N-methyl/N-ethyl adjacent to an activating group) is 1. The van der Waals surface area contributed by atoms with Gasteiger partial charge in [0.2, 0.25) is 0 Å². The molecular weight excluding hydrogens is 314 g/mol. The predicted molar refractivity (Wildman–Crippen MR) is 87.1 cm³/mol. The minimum absolute atomic E-state index is 0.332. The lowest BCUT2D eigenvalue weighted by Gasteiger charge is -2.19. The minimum atomic E-state index is 0.332. The van der Waals surface area contributed by atoms with Crippen LogP contribution in [0.1, 0.15) is 18.1 Å². The fraction of sp³-hybridized carbons (Fsp3) is 0.294. The summed E-state index contributed by atoms with van der Waals surface area (Å²) in [5.74, 6) is 0.332. The Hall–Kier alpha value is -1.32. The van der Waals surface area contributed by atoms with Crippen LogP contribution in [0.25, 0.3) is 0 Å². The number of hydrogen-bond acceptors (Lipinski definition) is 2. The zero-order valence-corrected chi connectivity index (χ0v) is 13.2. The van der Waals surface area contributed by atoms with E-state index in [0.29, 0.717) is 11.8 Å². The van der Waals surface area contributed by atoms with E-state index in [0.717, 1.165) is 29.4 Å². The van der Waals surface area contributed by atoms with Crippen molar-refractivity contribution in [3.8, 4) is 5.75 Å². The van der Waals surface area contributed by atoms with Crippen LogP contribution in [-0.4, -0.2) is 17.7 Å². The molecule has 2 rings (SSSR count). The Morgan fingerprint density at radius 1 is 1.10 bits per heavy atom. The Morgan fingerprint density at radius 2 is 1.90 bits per heavy atom. The molecule has 106 valence electrons. The molecule has 20 heavy (non-hydrogen) atoms. The molecule has 1 unspecified atom stereocenters. The molecule has 1 atom stereocenters. The molecule has 2 aromatic carbocycles. The molecule has 0 saturated heterocycles. The summed E-state index contributed by atoms with van der Waals surface area (Å²) in [6.45, 7) is 3.06. The number of benzene rings is 2. The fourth-order valence-corrected chi connectivity index (χ4v) is 2.85. The van der Waals surface area contributed by atoms with Gasteiger partial charge in [-0.2, -0.15) is 0 Å². The van der Waals surface area contributed by atoms with Crippen LogP contribution < -0.4 is 5.32 Å². The first-order valence-corrected chi connectivity index (χ1v) is 7.73. The highest BCUT2D eigenvalue weighted by Gasteiger charge is 2.11. The molecule has 0 spiro atoms. The zero-order valence-electron chi connectivity index (χ0n) is 11.6. The van der Waals surface area contributed by atoms with E-state index in [9.17, 15) is 5.11 Å². The van der Waals surface area contributed by atoms with Crippen molar-refractivity contribution >= 4 is 15.9 Å². The van der Waals surface area contributed by atoms with Crippen LogP contribution in [-0.2, 0) is 12.8 Å². The van der Waals surface area contributed by atoms with Gasteiger partial charge in [-0.25, -0.2) is 0 Å². The molecule has 0 amide bonds. The summed E-state index contributed by atoms with van der Waals surface area (Å²) in [6.07, 6.45) is 1.87. The maximum absolute atomic E-state index is 9.56. The van der Waals surface area contributed by atoms with Gasteiger partial charge in [0.15, 0.2) is 0 Å². The summed E-state index contributed by atoms with van der Waals surface area (Å²) >= 11 is 3.61. The summed E-state index contributed by atoms with van der Waals surface area (Å²) in [6, 6.07) is 16.2. The molecule has 3 heteroatoms. The Balaban J connectivity index is 2.09. The first-order chi connectivity index (χ1) is 9.69. The number of phenols is 1. The topological polar surface area (TPSA) is 32.3 Å². The van der Waals surface area contributed by atoms with Crippen molar-refractivity contribution in [3.05, 3.63) is 64.1 Å². The van der Waals surface area contributed by atoms with Crippen molar-refractivity contribution in [2.75, 3.05) is 6.54 Å². The maximum Gasteiger partial charge on any atom is 0.115 e. The Labute approximate surface area is 129 Å². The highest BCUT2D eigenvalue weighted by Crippen LogP contribution is 2.19. The summed E-state index contributed by atoms with van der Waals surface area (Å²) in [7, 11) is 0. The van der Waals surface area contributed by atoms with Crippen LogP contribution in [0.5, 0.6) is 5.75 Å². The van der Waals surface area contributed by atoms with E-state index in [1.54, 1.807) is 6.07 Å². The third kappa shape index (κ3) is 4.36. The SMILES string of the molecule is CCNC(Cc1cccc(O)c1)Cc1ccccc1Br. The maximum atomic E-state index is 9.56. The van der Waals surface area contributed by atoms with Crippen molar-refractivity contribution in [3.63, 3.8) is 0 Å². The molecule has 0 fully saturated rings. The first kappa shape index (κ1) is 15.1. The Morgan fingerprint density at radius 3 is 2.60 bits per heavy atom. The second-order valence-corrected chi connectivity index (χ2v) is 5.78. The summed E-state index contributed by atoms with van der Waals surface area (Å²) in [5, 5.41) is 13.1. The summed E-state index contributed by atoms with van der Waals surface area (Å²) in [5.41, 5.74) is 2.46. The van der Waals surface area contributed by atoms with E-state index in [1.165, 1.54) is 5.56 Å². The van der Waals surface area contributed by atoms with Gasteiger partial charge in [0.25, 0.3) is 0 Å². The molecule has 2 aromatic rings. The quantitative estimate of drug-likeness (QED) is 0.839. The fourth-order valence-electron chi connectivity index (χ4n) is 2.40. The van der Waals surface area contributed by atoms with Gasteiger partial charge in [-0.15, -0.1) is 0 Å². The first-order valence-electron chi connectivity index (χ1n) is 6.93. The van der Waals surface area contributed by atoms with Crippen LogP contribution in [0.2, 0.25) is 0 Å². The molecule has 0 heterocycles. The average molecular weight is 334 g/mol. The van der Waals surface area contributed by atoms with E-state index >= 15 is 0 Å². The lowest BCUT2D eigenvalue weighted by atomic mass is 9.99. The van der Waals surface area contributed by atoms with Gasteiger partial charge in [0.05, 0.1) is 0 Å². The van der Waals surface area contributed by atoms with E-state index in [-0.39, 0.29) is 0 Å². The van der Waals surface area contributed by atoms with Crippen molar-refractivity contribution in [2.24, 2.45) is 0 Å². The molecular formula is C17H20BrNO.